The van der Waals surface area contributed by atoms with Crippen molar-refractivity contribution in [1.29, 1.82) is 0 Å². The third-order valence-electron chi connectivity index (χ3n) is 3.81. The highest BCUT2D eigenvalue weighted by Crippen LogP contribution is 2.42. The molecule has 2 rings (SSSR count). The second-order valence-electron chi connectivity index (χ2n) is 5.21. The van der Waals surface area contributed by atoms with Gasteiger partial charge in [0.1, 0.15) is 0 Å². The van der Waals surface area contributed by atoms with Crippen LogP contribution in [0.4, 0.5) is 0 Å². The molecular formula is C14H25NO. The molecule has 1 saturated carbocycles. The summed E-state index contributed by atoms with van der Waals surface area (Å²) < 4.78 is 5.45. The lowest BCUT2D eigenvalue weighted by molar-refractivity contribution is 0.132. The zero-order valence-corrected chi connectivity index (χ0v) is 10.5. The average Bonchev–Trinajstić information content (AvgIpc) is 2.90. The van der Waals surface area contributed by atoms with E-state index in [1.807, 2.05) is 0 Å². The predicted octanol–water partition coefficient (Wildman–Crippen LogP) is 2.60. The fourth-order valence-electron chi connectivity index (χ4n) is 2.96. The highest BCUT2D eigenvalue weighted by molar-refractivity contribution is 5.10. The minimum Gasteiger partial charge on any atom is -0.381 e. The van der Waals surface area contributed by atoms with Crippen molar-refractivity contribution in [2.24, 2.45) is 17.8 Å². The van der Waals surface area contributed by atoms with E-state index in [9.17, 15) is 0 Å². The van der Waals surface area contributed by atoms with Crippen molar-refractivity contribution in [3.05, 3.63) is 12.2 Å². The first-order valence-electron chi connectivity index (χ1n) is 6.87. The predicted molar refractivity (Wildman–Crippen MR) is 67.4 cm³/mol. The number of ether oxygens (including phenoxy) is 1. The van der Waals surface area contributed by atoms with E-state index in [0.29, 0.717) is 0 Å². The van der Waals surface area contributed by atoms with Gasteiger partial charge in [0.15, 0.2) is 0 Å². The van der Waals surface area contributed by atoms with E-state index in [4.69, 9.17) is 4.74 Å². The minimum absolute atomic E-state index is 0.883. The van der Waals surface area contributed by atoms with Crippen molar-refractivity contribution in [2.75, 3.05) is 26.3 Å². The average molecular weight is 223 g/mol. The van der Waals surface area contributed by atoms with Gasteiger partial charge in [-0.3, -0.25) is 0 Å². The van der Waals surface area contributed by atoms with E-state index in [1.54, 1.807) is 0 Å². The molecule has 1 N–H and O–H groups in total. The van der Waals surface area contributed by atoms with E-state index < -0.39 is 0 Å². The van der Waals surface area contributed by atoms with Crippen LogP contribution in [0, 0.1) is 17.8 Å². The summed E-state index contributed by atoms with van der Waals surface area (Å²) in [7, 11) is 0. The van der Waals surface area contributed by atoms with E-state index in [2.05, 4.69) is 24.4 Å². The molecule has 2 heteroatoms. The topological polar surface area (TPSA) is 21.3 Å². The van der Waals surface area contributed by atoms with Crippen LogP contribution in [0.3, 0.4) is 0 Å². The Morgan fingerprint density at radius 1 is 1.25 bits per heavy atom. The van der Waals surface area contributed by atoms with Gasteiger partial charge in [-0.1, -0.05) is 19.1 Å². The van der Waals surface area contributed by atoms with Gasteiger partial charge in [0.2, 0.25) is 0 Å². The lowest BCUT2D eigenvalue weighted by Crippen LogP contribution is -2.26. The van der Waals surface area contributed by atoms with Gasteiger partial charge in [-0.05, 0) is 56.5 Å². The Labute approximate surface area is 99.4 Å². The van der Waals surface area contributed by atoms with Gasteiger partial charge >= 0.3 is 0 Å². The standard InChI is InChI=1S/C14H25NO/c1-2-7-16-8-3-6-15-11-14-10-12-4-5-13(14)9-12/h4-5,12-15H,2-3,6-11H2,1H3. The fourth-order valence-corrected chi connectivity index (χ4v) is 2.96. The summed E-state index contributed by atoms with van der Waals surface area (Å²) in [6.07, 6.45) is 9.97. The summed E-state index contributed by atoms with van der Waals surface area (Å²) in [6, 6.07) is 0. The maximum atomic E-state index is 5.45. The van der Waals surface area contributed by atoms with Gasteiger partial charge in [-0.2, -0.15) is 0 Å². The number of allylic oxidation sites excluding steroid dienone is 2. The molecule has 0 saturated heterocycles. The SMILES string of the molecule is CCCOCCCNCC1CC2C=CC1C2. The molecule has 3 unspecified atom stereocenters. The van der Waals surface area contributed by atoms with Crippen molar-refractivity contribution < 1.29 is 4.74 Å². The quantitative estimate of drug-likeness (QED) is 0.504. The van der Waals surface area contributed by atoms with E-state index in [1.165, 1.54) is 19.4 Å². The molecule has 16 heavy (non-hydrogen) atoms. The number of rotatable bonds is 8. The van der Waals surface area contributed by atoms with Crippen LogP contribution in [0.1, 0.15) is 32.6 Å². The molecule has 0 aromatic carbocycles. The maximum absolute atomic E-state index is 5.45. The smallest absolute Gasteiger partial charge is 0.0478 e. The summed E-state index contributed by atoms with van der Waals surface area (Å²) in [4.78, 5) is 0. The van der Waals surface area contributed by atoms with Crippen LogP contribution in [0.15, 0.2) is 12.2 Å². The molecular weight excluding hydrogens is 198 g/mol. The van der Waals surface area contributed by atoms with Crippen molar-refractivity contribution in [2.45, 2.75) is 32.6 Å². The van der Waals surface area contributed by atoms with Crippen molar-refractivity contribution >= 4 is 0 Å². The van der Waals surface area contributed by atoms with Gasteiger partial charge in [0.05, 0.1) is 0 Å². The van der Waals surface area contributed by atoms with E-state index in [0.717, 1.165) is 50.4 Å². The Morgan fingerprint density at radius 2 is 2.19 bits per heavy atom. The van der Waals surface area contributed by atoms with Crippen molar-refractivity contribution in [3.63, 3.8) is 0 Å². The summed E-state index contributed by atoms with van der Waals surface area (Å²) in [6.45, 7) is 6.30. The molecule has 0 heterocycles. The molecule has 0 aromatic heterocycles. The van der Waals surface area contributed by atoms with E-state index >= 15 is 0 Å². The second-order valence-corrected chi connectivity index (χ2v) is 5.21. The second kappa shape index (κ2) is 6.41. The summed E-state index contributed by atoms with van der Waals surface area (Å²) in [5.74, 6) is 2.70. The molecule has 0 radical (unpaired) electrons. The van der Waals surface area contributed by atoms with Gasteiger partial charge in [0, 0.05) is 13.2 Å². The van der Waals surface area contributed by atoms with Crippen molar-refractivity contribution in [3.8, 4) is 0 Å². The molecule has 0 spiro atoms. The van der Waals surface area contributed by atoms with Gasteiger partial charge in [0.25, 0.3) is 0 Å². The summed E-state index contributed by atoms with van der Waals surface area (Å²) in [5.41, 5.74) is 0. The van der Waals surface area contributed by atoms with Crippen LogP contribution in [-0.4, -0.2) is 26.3 Å². The number of hydrogen-bond acceptors (Lipinski definition) is 2. The highest BCUT2D eigenvalue weighted by atomic mass is 16.5. The number of nitrogens with one attached hydrogen (secondary N) is 1. The molecule has 2 aliphatic carbocycles. The molecule has 0 aliphatic heterocycles. The van der Waals surface area contributed by atoms with Crippen LogP contribution in [0.5, 0.6) is 0 Å². The van der Waals surface area contributed by atoms with Crippen LogP contribution < -0.4 is 5.32 Å². The molecule has 92 valence electrons. The molecule has 3 atom stereocenters. The first-order chi connectivity index (χ1) is 7.90. The Bertz CT molecular complexity index is 227. The highest BCUT2D eigenvalue weighted by Gasteiger charge is 2.34. The lowest BCUT2D eigenvalue weighted by Gasteiger charge is -2.18. The number of fused-ring (bicyclic) bond motifs is 2. The lowest BCUT2D eigenvalue weighted by atomic mass is 9.94. The van der Waals surface area contributed by atoms with Gasteiger partial charge in [-0.15, -0.1) is 0 Å². The van der Waals surface area contributed by atoms with Crippen LogP contribution >= 0.6 is 0 Å². The third-order valence-corrected chi connectivity index (χ3v) is 3.81. The largest absolute Gasteiger partial charge is 0.381 e. The van der Waals surface area contributed by atoms with Crippen LogP contribution in [0.25, 0.3) is 0 Å². The summed E-state index contributed by atoms with van der Waals surface area (Å²) in [5, 5.41) is 3.58. The van der Waals surface area contributed by atoms with Crippen molar-refractivity contribution in [1.82, 2.24) is 5.32 Å². The van der Waals surface area contributed by atoms with Crippen LogP contribution in [-0.2, 0) is 4.74 Å². The molecule has 0 amide bonds. The fraction of sp³-hybridized carbons (Fsp3) is 0.857. The van der Waals surface area contributed by atoms with Gasteiger partial charge in [-0.25, -0.2) is 0 Å². The third kappa shape index (κ3) is 3.33. The maximum Gasteiger partial charge on any atom is 0.0478 e. The Balaban J connectivity index is 1.45. The molecule has 2 aliphatic rings. The molecule has 2 nitrogen and oxygen atoms in total. The minimum atomic E-state index is 0.883. The molecule has 1 fully saturated rings. The van der Waals surface area contributed by atoms with E-state index in [-0.39, 0.29) is 0 Å². The Kier molecular flexibility index (Phi) is 4.86. The first kappa shape index (κ1) is 12.1. The zero-order chi connectivity index (χ0) is 11.2. The normalized spacial score (nSPS) is 31.4. The first-order valence-corrected chi connectivity index (χ1v) is 6.87. The molecule has 0 aromatic rings. The Hall–Kier alpha value is -0.340. The monoisotopic (exact) mass is 223 g/mol. The number of hydrogen-bond donors (Lipinski definition) is 1. The Morgan fingerprint density at radius 3 is 2.88 bits per heavy atom. The van der Waals surface area contributed by atoms with Crippen LogP contribution in [0.2, 0.25) is 0 Å². The molecule has 2 bridgehead atoms. The zero-order valence-electron chi connectivity index (χ0n) is 10.5. The van der Waals surface area contributed by atoms with Gasteiger partial charge < -0.3 is 10.1 Å². The summed E-state index contributed by atoms with van der Waals surface area (Å²) >= 11 is 0.